The van der Waals surface area contributed by atoms with Crippen molar-refractivity contribution in [2.75, 3.05) is 18.6 Å². The Bertz CT molecular complexity index is 1430. The zero-order chi connectivity index (χ0) is 28.0. The summed E-state index contributed by atoms with van der Waals surface area (Å²) in [6, 6.07) is 10.2. The van der Waals surface area contributed by atoms with Crippen LogP contribution < -0.4 is 14.4 Å². The minimum atomic E-state index is -5.14. The lowest BCUT2D eigenvalue weighted by molar-refractivity contribution is -0.274. The Morgan fingerprint density at radius 2 is 1.76 bits per heavy atom. The molecular formula is C26H20ClF4NO6. The predicted octanol–water partition coefficient (Wildman–Crippen LogP) is 5.88. The summed E-state index contributed by atoms with van der Waals surface area (Å²) < 4.78 is 68.0. The monoisotopic (exact) mass is 553 g/mol. The lowest BCUT2D eigenvalue weighted by atomic mass is 9.77. The quantitative estimate of drug-likeness (QED) is 0.370. The van der Waals surface area contributed by atoms with Crippen molar-refractivity contribution in [3.05, 3.63) is 82.1 Å². The van der Waals surface area contributed by atoms with Crippen LogP contribution in [0.3, 0.4) is 0 Å². The maximum Gasteiger partial charge on any atom is 0.422 e. The number of alkyl halides is 3. The molecule has 1 heterocycles. The van der Waals surface area contributed by atoms with Crippen LogP contribution in [0.2, 0.25) is 5.02 Å². The number of anilines is 1. The van der Waals surface area contributed by atoms with Crippen LogP contribution in [-0.2, 0) is 10.4 Å². The Morgan fingerprint density at radius 3 is 2.37 bits per heavy atom. The van der Waals surface area contributed by atoms with Gasteiger partial charge in [0.05, 0.1) is 11.3 Å². The molecule has 7 nitrogen and oxygen atoms in total. The van der Waals surface area contributed by atoms with Gasteiger partial charge in [-0.2, -0.15) is 13.2 Å². The number of hydrogen-bond acceptors (Lipinski definition) is 5. The summed E-state index contributed by atoms with van der Waals surface area (Å²) in [5.41, 5.74) is -4.26. The Morgan fingerprint density at radius 1 is 1.11 bits per heavy atom. The normalized spacial score (nSPS) is 15.8. The van der Waals surface area contributed by atoms with Crippen LogP contribution in [0, 0.1) is 5.82 Å². The van der Waals surface area contributed by atoms with E-state index in [1.165, 1.54) is 42.3 Å². The van der Waals surface area contributed by atoms with Crippen LogP contribution >= 0.6 is 11.6 Å². The highest BCUT2D eigenvalue weighted by atomic mass is 35.5. The maximum absolute atomic E-state index is 14.4. The molecule has 2 N–H and O–H groups in total. The largest absolute Gasteiger partial charge is 0.482 e. The van der Waals surface area contributed by atoms with Gasteiger partial charge in [0.25, 0.3) is 5.91 Å². The fraction of sp³-hybridized carbons (Fsp3) is 0.231. The topological polar surface area (TPSA) is 96.3 Å². The first kappa shape index (κ1) is 27.2. The van der Waals surface area contributed by atoms with Crippen LogP contribution in [0.4, 0.5) is 23.2 Å². The standard InChI is InChI=1S/C26H20ClF4NO6/c1-13(17-6-4-15(10-19(17)27)38-16-5-7-18(24(34)35)20(28)11-16)25(36,26(29,30)31)14-3-8-21-22(9-14)37-12-23(33)32(21)2/h3-11,13,36H,12H2,1-2H3,(H,34,35). The summed E-state index contributed by atoms with van der Waals surface area (Å²) >= 11 is 6.30. The Kier molecular flexibility index (Phi) is 7.02. The second-order valence-corrected chi connectivity index (χ2v) is 9.05. The molecule has 2 atom stereocenters. The second kappa shape index (κ2) is 9.80. The van der Waals surface area contributed by atoms with Crippen molar-refractivity contribution in [1.29, 1.82) is 0 Å². The average molecular weight is 554 g/mol. The van der Waals surface area contributed by atoms with Crippen molar-refractivity contribution >= 4 is 29.2 Å². The lowest BCUT2D eigenvalue weighted by Gasteiger charge is -2.38. The Labute approximate surface area is 218 Å². The molecule has 0 aliphatic carbocycles. The van der Waals surface area contributed by atoms with Crippen molar-refractivity contribution in [3.63, 3.8) is 0 Å². The van der Waals surface area contributed by atoms with E-state index in [-0.39, 0.29) is 46.0 Å². The zero-order valence-electron chi connectivity index (χ0n) is 19.8. The molecule has 200 valence electrons. The highest BCUT2D eigenvalue weighted by Crippen LogP contribution is 2.51. The number of benzene rings is 3. The van der Waals surface area contributed by atoms with Gasteiger partial charge in [0.15, 0.2) is 12.2 Å². The summed E-state index contributed by atoms with van der Waals surface area (Å²) in [5, 5.41) is 19.9. The highest BCUT2D eigenvalue weighted by molar-refractivity contribution is 6.31. The molecule has 3 aromatic carbocycles. The number of fused-ring (bicyclic) bond motifs is 1. The first-order valence-corrected chi connectivity index (χ1v) is 11.4. The first-order chi connectivity index (χ1) is 17.7. The summed E-state index contributed by atoms with van der Waals surface area (Å²) in [6.07, 6.45) is -5.14. The van der Waals surface area contributed by atoms with E-state index in [4.69, 9.17) is 26.2 Å². The fourth-order valence-corrected chi connectivity index (χ4v) is 4.52. The van der Waals surface area contributed by atoms with Gasteiger partial charge in [-0.1, -0.05) is 30.7 Å². The molecule has 4 rings (SSSR count). The minimum absolute atomic E-state index is 0.00969. The number of carboxylic acid groups (broad SMARTS) is 1. The van der Waals surface area contributed by atoms with Crippen LogP contribution in [0.25, 0.3) is 0 Å². The van der Waals surface area contributed by atoms with Gasteiger partial charge in [-0.15, -0.1) is 0 Å². The van der Waals surface area contributed by atoms with E-state index in [1.54, 1.807) is 0 Å². The first-order valence-electron chi connectivity index (χ1n) is 11.1. The lowest BCUT2D eigenvalue weighted by Crippen LogP contribution is -2.46. The molecule has 0 fully saturated rings. The van der Waals surface area contributed by atoms with E-state index in [9.17, 15) is 32.3 Å². The molecular weight excluding hydrogens is 534 g/mol. The highest BCUT2D eigenvalue weighted by Gasteiger charge is 2.59. The van der Waals surface area contributed by atoms with Crippen molar-refractivity contribution in [1.82, 2.24) is 0 Å². The van der Waals surface area contributed by atoms with Crippen molar-refractivity contribution < 1.29 is 46.8 Å². The molecule has 3 aromatic rings. The van der Waals surface area contributed by atoms with Gasteiger partial charge in [0.2, 0.25) is 0 Å². The van der Waals surface area contributed by atoms with Gasteiger partial charge in [-0.25, -0.2) is 9.18 Å². The molecule has 1 amide bonds. The fourth-order valence-electron chi connectivity index (χ4n) is 4.19. The predicted molar refractivity (Wildman–Crippen MR) is 129 cm³/mol. The third kappa shape index (κ3) is 4.74. The maximum atomic E-state index is 14.4. The number of likely N-dealkylation sites (N-methyl/N-ethyl adjacent to an activating group) is 1. The van der Waals surface area contributed by atoms with Gasteiger partial charge >= 0.3 is 12.1 Å². The summed E-state index contributed by atoms with van der Waals surface area (Å²) in [4.78, 5) is 24.0. The molecule has 0 radical (unpaired) electrons. The molecule has 0 saturated heterocycles. The molecule has 0 spiro atoms. The molecule has 12 heteroatoms. The van der Waals surface area contributed by atoms with Gasteiger partial charge in [-0.3, -0.25) is 4.79 Å². The zero-order valence-corrected chi connectivity index (χ0v) is 20.6. The van der Waals surface area contributed by atoms with Crippen molar-refractivity contribution in [2.24, 2.45) is 0 Å². The number of amides is 1. The molecule has 1 aliphatic heterocycles. The van der Waals surface area contributed by atoms with E-state index >= 15 is 0 Å². The van der Waals surface area contributed by atoms with Crippen LogP contribution in [-0.4, -0.2) is 41.9 Å². The number of carbonyl (C=O) groups excluding carboxylic acids is 1. The van der Waals surface area contributed by atoms with Gasteiger partial charge in [-0.05, 0) is 47.5 Å². The van der Waals surface area contributed by atoms with E-state index in [0.717, 1.165) is 31.2 Å². The van der Waals surface area contributed by atoms with Crippen LogP contribution in [0.5, 0.6) is 17.2 Å². The van der Waals surface area contributed by atoms with E-state index < -0.39 is 40.6 Å². The van der Waals surface area contributed by atoms with Crippen molar-refractivity contribution in [2.45, 2.75) is 24.6 Å². The van der Waals surface area contributed by atoms with E-state index in [1.807, 2.05) is 0 Å². The Balaban J connectivity index is 1.67. The molecule has 0 aromatic heterocycles. The summed E-state index contributed by atoms with van der Waals surface area (Å²) in [5.74, 6) is -4.50. The number of carboxylic acids is 1. The van der Waals surface area contributed by atoms with Gasteiger partial charge < -0.3 is 24.6 Å². The number of aliphatic hydroxyl groups is 1. The number of ether oxygens (including phenoxy) is 2. The molecule has 0 bridgehead atoms. The van der Waals surface area contributed by atoms with E-state index in [0.29, 0.717) is 0 Å². The summed E-state index contributed by atoms with van der Waals surface area (Å²) in [6.45, 7) is 0.800. The van der Waals surface area contributed by atoms with E-state index in [2.05, 4.69) is 0 Å². The Hall–Kier alpha value is -3.83. The number of rotatable bonds is 6. The molecule has 0 saturated carbocycles. The molecule has 38 heavy (non-hydrogen) atoms. The molecule has 1 aliphatic rings. The molecule has 2 unspecified atom stereocenters. The van der Waals surface area contributed by atoms with Gasteiger partial charge in [0, 0.05) is 24.1 Å². The minimum Gasteiger partial charge on any atom is -0.482 e. The number of aromatic carboxylic acids is 1. The summed E-state index contributed by atoms with van der Waals surface area (Å²) in [7, 11) is 1.46. The second-order valence-electron chi connectivity index (χ2n) is 8.64. The number of hydrogen-bond donors (Lipinski definition) is 2. The van der Waals surface area contributed by atoms with Crippen LogP contribution in [0.15, 0.2) is 54.6 Å². The van der Waals surface area contributed by atoms with Crippen LogP contribution in [0.1, 0.15) is 34.3 Å². The third-order valence-corrected chi connectivity index (χ3v) is 6.72. The SMILES string of the molecule is CC(c1ccc(Oc2ccc(C(=O)O)c(F)c2)cc1Cl)C(O)(c1ccc2c(c1)OCC(=O)N2C)C(F)(F)F. The number of nitrogens with zero attached hydrogens (tertiary/aromatic N) is 1. The number of halogens is 5. The smallest absolute Gasteiger partial charge is 0.422 e. The van der Waals surface area contributed by atoms with Gasteiger partial charge in [0.1, 0.15) is 23.1 Å². The number of carbonyl (C=O) groups is 2. The average Bonchev–Trinajstić information content (AvgIpc) is 2.84. The third-order valence-electron chi connectivity index (χ3n) is 6.39. The van der Waals surface area contributed by atoms with Crippen molar-refractivity contribution in [3.8, 4) is 17.2 Å².